The zero-order chi connectivity index (χ0) is 8.81. The van der Waals surface area contributed by atoms with Crippen molar-refractivity contribution in [3.8, 4) is 6.07 Å². The molecule has 0 atom stereocenters. The molecule has 0 aromatic carbocycles. The number of hydrogen-bond acceptors (Lipinski definition) is 3. The predicted molar refractivity (Wildman–Crippen MR) is 44.4 cm³/mol. The molecule has 0 saturated heterocycles. The Bertz CT molecular complexity index is 272. The number of nitriles is 1. The Balaban J connectivity index is 2.48. The van der Waals surface area contributed by atoms with Crippen molar-refractivity contribution in [2.75, 3.05) is 0 Å². The first-order valence-corrected chi connectivity index (χ1v) is 4.17. The van der Waals surface area contributed by atoms with Gasteiger partial charge in [-0.2, -0.15) is 5.26 Å². The Morgan fingerprint density at radius 2 is 2.50 bits per heavy atom. The summed E-state index contributed by atoms with van der Waals surface area (Å²) in [6.45, 7) is 2.12. The molecule has 0 aliphatic rings. The average molecular weight is 164 g/mol. The predicted octanol–water partition coefficient (Wildman–Crippen LogP) is 2.08. The minimum absolute atomic E-state index is 0.343. The molecule has 1 aromatic rings. The smallest absolute Gasteiger partial charge is 0.194 e. The molecule has 0 spiro atoms. The van der Waals surface area contributed by atoms with E-state index >= 15 is 0 Å². The summed E-state index contributed by atoms with van der Waals surface area (Å²) in [5.41, 5.74) is 0.739. The molecular formula is C9H12N2O. The van der Waals surface area contributed by atoms with E-state index in [-0.39, 0.29) is 0 Å². The van der Waals surface area contributed by atoms with Gasteiger partial charge in [-0.25, -0.2) is 4.98 Å². The molecule has 3 heteroatoms. The van der Waals surface area contributed by atoms with Crippen LogP contribution in [0.15, 0.2) is 10.7 Å². The third-order valence-corrected chi connectivity index (χ3v) is 1.60. The van der Waals surface area contributed by atoms with Crippen LogP contribution in [0.1, 0.15) is 31.4 Å². The van der Waals surface area contributed by atoms with Gasteiger partial charge in [-0.1, -0.05) is 13.3 Å². The molecule has 12 heavy (non-hydrogen) atoms. The summed E-state index contributed by atoms with van der Waals surface area (Å²) in [5.74, 6) is 0.752. The molecule has 0 bridgehead atoms. The molecule has 0 aliphatic heterocycles. The fraction of sp³-hybridized carbons (Fsp3) is 0.556. The first kappa shape index (κ1) is 8.79. The Morgan fingerprint density at radius 1 is 1.67 bits per heavy atom. The van der Waals surface area contributed by atoms with Gasteiger partial charge in [0.25, 0.3) is 0 Å². The number of oxazole rings is 1. The molecule has 0 aliphatic carbocycles. The molecule has 0 amide bonds. The van der Waals surface area contributed by atoms with Crippen LogP contribution in [0.25, 0.3) is 0 Å². The largest absolute Gasteiger partial charge is 0.449 e. The van der Waals surface area contributed by atoms with Crippen molar-refractivity contribution in [3.05, 3.63) is 17.8 Å². The van der Waals surface area contributed by atoms with E-state index in [4.69, 9.17) is 9.68 Å². The van der Waals surface area contributed by atoms with Crippen LogP contribution in [0.2, 0.25) is 0 Å². The third-order valence-electron chi connectivity index (χ3n) is 1.60. The lowest BCUT2D eigenvalue weighted by molar-refractivity contribution is 0.485. The Labute approximate surface area is 72.0 Å². The Hall–Kier alpha value is -1.30. The van der Waals surface area contributed by atoms with Gasteiger partial charge in [-0.3, -0.25) is 0 Å². The second kappa shape index (κ2) is 4.55. The highest BCUT2D eigenvalue weighted by Gasteiger charge is 2.01. The van der Waals surface area contributed by atoms with Gasteiger partial charge in [0.2, 0.25) is 0 Å². The van der Waals surface area contributed by atoms with E-state index in [1.807, 2.05) is 6.07 Å². The topological polar surface area (TPSA) is 49.8 Å². The SMILES string of the molecule is CCCCc1nc(CC#N)co1. The zero-order valence-corrected chi connectivity index (χ0v) is 7.21. The minimum Gasteiger partial charge on any atom is -0.449 e. The fourth-order valence-electron chi connectivity index (χ4n) is 0.954. The van der Waals surface area contributed by atoms with E-state index in [0.717, 1.165) is 30.8 Å². The molecule has 0 radical (unpaired) electrons. The van der Waals surface area contributed by atoms with Gasteiger partial charge >= 0.3 is 0 Å². The van der Waals surface area contributed by atoms with Gasteiger partial charge in [0.1, 0.15) is 6.26 Å². The Kier molecular flexibility index (Phi) is 3.34. The van der Waals surface area contributed by atoms with E-state index in [1.54, 1.807) is 6.26 Å². The third kappa shape index (κ3) is 2.39. The number of aryl methyl sites for hydroxylation is 1. The van der Waals surface area contributed by atoms with Crippen molar-refractivity contribution in [2.45, 2.75) is 32.6 Å². The van der Waals surface area contributed by atoms with E-state index < -0.39 is 0 Å². The molecule has 1 rings (SSSR count). The molecule has 0 N–H and O–H groups in total. The number of unbranched alkanes of at least 4 members (excludes halogenated alkanes) is 1. The van der Waals surface area contributed by atoms with E-state index in [0.29, 0.717) is 6.42 Å². The highest BCUT2D eigenvalue weighted by molar-refractivity contribution is 5.02. The monoisotopic (exact) mass is 164 g/mol. The van der Waals surface area contributed by atoms with Crippen molar-refractivity contribution >= 4 is 0 Å². The molecular weight excluding hydrogens is 152 g/mol. The van der Waals surface area contributed by atoms with Gasteiger partial charge in [0.15, 0.2) is 5.89 Å². The van der Waals surface area contributed by atoms with Crippen molar-refractivity contribution < 1.29 is 4.42 Å². The van der Waals surface area contributed by atoms with Crippen molar-refractivity contribution in [1.82, 2.24) is 4.98 Å². The van der Waals surface area contributed by atoms with Crippen LogP contribution in [0.3, 0.4) is 0 Å². The normalized spacial score (nSPS) is 9.67. The van der Waals surface area contributed by atoms with Crippen LogP contribution < -0.4 is 0 Å². The van der Waals surface area contributed by atoms with Gasteiger partial charge in [-0.05, 0) is 6.42 Å². The Morgan fingerprint density at radius 3 is 3.17 bits per heavy atom. The zero-order valence-electron chi connectivity index (χ0n) is 7.21. The van der Waals surface area contributed by atoms with E-state index in [9.17, 15) is 0 Å². The summed E-state index contributed by atoms with van der Waals surface area (Å²) in [7, 11) is 0. The van der Waals surface area contributed by atoms with Crippen LogP contribution in [-0.2, 0) is 12.8 Å². The lowest BCUT2D eigenvalue weighted by Gasteiger charge is -1.89. The van der Waals surface area contributed by atoms with Gasteiger partial charge in [0, 0.05) is 6.42 Å². The van der Waals surface area contributed by atoms with Crippen molar-refractivity contribution in [2.24, 2.45) is 0 Å². The van der Waals surface area contributed by atoms with Crippen molar-refractivity contribution in [3.63, 3.8) is 0 Å². The number of nitrogens with zero attached hydrogens (tertiary/aromatic N) is 2. The summed E-state index contributed by atoms with van der Waals surface area (Å²) >= 11 is 0. The van der Waals surface area contributed by atoms with Crippen LogP contribution in [0, 0.1) is 11.3 Å². The fourth-order valence-corrected chi connectivity index (χ4v) is 0.954. The van der Waals surface area contributed by atoms with Crippen LogP contribution in [0.5, 0.6) is 0 Å². The molecule has 0 unspecified atom stereocenters. The summed E-state index contributed by atoms with van der Waals surface area (Å²) in [5, 5.41) is 8.37. The number of aromatic nitrogens is 1. The maximum atomic E-state index is 8.37. The van der Waals surface area contributed by atoms with Gasteiger partial charge < -0.3 is 4.42 Å². The first-order chi connectivity index (χ1) is 5.86. The van der Waals surface area contributed by atoms with Crippen LogP contribution in [-0.4, -0.2) is 4.98 Å². The first-order valence-electron chi connectivity index (χ1n) is 4.17. The van der Waals surface area contributed by atoms with Crippen molar-refractivity contribution in [1.29, 1.82) is 5.26 Å². The maximum absolute atomic E-state index is 8.37. The second-order valence-electron chi connectivity index (χ2n) is 2.67. The average Bonchev–Trinajstić information content (AvgIpc) is 2.50. The highest BCUT2D eigenvalue weighted by atomic mass is 16.3. The molecule has 3 nitrogen and oxygen atoms in total. The van der Waals surface area contributed by atoms with Gasteiger partial charge in [0.05, 0.1) is 18.2 Å². The molecule has 64 valence electrons. The standard InChI is InChI=1S/C9H12N2O/c1-2-3-4-9-11-8(5-6-10)7-12-9/h7H,2-5H2,1H3. The summed E-state index contributed by atoms with van der Waals surface area (Å²) < 4.78 is 5.16. The van der Waals surface area contributed by atoms with E-state index in [2.05, 4.69) is 11.9 Å². The lowest BCUT2D eigenvalue weighted by Crippen LogP contribution is -1.86. The maximum Gasteiger partial charge on any atom is 0.194 e. The highest BCUT2D eigenvalue weighted by Crippen LogP contribution is 2.05. The summed E-state index contributed by atoms with van der Waals surface area (Å²) in [6.07, 6.45) is 5.01. The molecule has 0 fully saturated rings. The van der Waals surface area contributed by atoms with E-state index in [1.165, 1.54) is 0 Å². The van der Waals surface area contributed by atoms with Crippen LogP contribution >= 0.6 is 0 Å². The lowest BCUT2D eigenvalue weighted by atomic mass is 10.2. The van der Waals surface area contributed by atoms with Crippen LogP contribution in [0.4, 0.5) is 0 Å². The van der Waals surface area contributed by atoms with Gasteiger partial charge in [-0.15, -0.1) is 0 Å². The molecule has 0 saturated carbocycles. The summed E-state index contributed by atoms with van der Waals surface area (Å²) in [4.78, 5) is 4.15. The second-order valence-corrected chi connectivity index (χ2v) is 2.67. The molecule has 1 aromatic heterocycles. The minimum atomic E-state index is 0.343. The number of hydrogen-bond donors (Lipinski definition) is 0. The summed E-state index contributed by atoms with van der Waals surface area (Å²) in [6, 6.07) is 2.03. The number of rotatable bonds is 4. The molecule has 1 heterocycles. The quantitative estimate of drug-likeness (QED) is 0.684.